The maximum Gasteiger partial charge on any atom is 0.119 e. The zero-order valence-electron chi connectivity index (χ0n) is 9.80. The first-order chi connectivity index (χ1) is 8.38. The third-order valence-corrected chi connectivity index (χ3v) is 2.41. The van der Waals surface area contributed by atoms with E-state index in [9.17, 15) is 0 Å². The molecule has 0 aliphatic rings. The quantitative estimate of drug-likeness (QED) is 0.790. The van der Waals surface area contributed by atoms with Crippen LogP contribution in [-0.2, 0) is 6.42 Å². The monoisotopic (exact) mass is 229 g/mol. The highest BCUT2D eigenvalue weighted by Crippen LogP contribution is 2.17. The van der Waals surface area contributed by atoms with Gasteiger partial charge in [0.1, 0.15) is 11.5 Å². The van der Waals surface area contributed by atoms with Gasteiger partial charge in [-0.15, -0.1) is 0 Å². The van der Waals surface area contributed by atoms with Gasteiger partial charge in [-0.25, -0.2) is 0 Å². The second-order valence-electron chi connectivity index (χ2n) is 3.60. The summed E-state index contributed by atoms with van der Waals surface area (Å²) in [6.07, 6.45) is 2.61. The Kier molecular flexibility index (Phi) is 3.97. The minimum Gasteiger partial charge on any atom is -0.497 e. The summed E-state index contributed by atoms with van der Waals surface area (Å²) in [5.74, 6) is 1.68. The molecule has 2 rings (SSSR count). The fraction of sp³-hybridized carbons (Fsp3) is 0.214. The summed E-state index contributed by atoms with van der Waals surface area (Å²) < 4.78 is 10.7. The molecule has 0 atom stereocenters. The van der Waals surface area contributed by atoms with Crippen molar-refractivity contribution < 1.29 is 9.47 Å². The Morgan fingerprint density at radius 1 is 1.00 bits per heavy atom. The van der Waals surface area contributed by atoms with E-state index >= 15 is 0 Å². The van der Waals surface area contributed by atoms with Gasteiger partial charge in [0.25, 0.3) is 0 Å². The fourth-order valence-corrected chi connectivity index (χ4v) is 1.49. The molecule has 1 aromatic carbocycles. The Morgan fingerprint density at radius 2 is 1.76 bits per heavy atom. The van der Waals surface area contributed by atoms with Gasteiger partial charge in [0, 0.05) is 18.3 Å². The molecule has 0 N–H and O–H groups in total. The first-order valence-electron chi connectivity index (χ1n) is 5.55. The van der Waals surface area contributed by atoms with E-state index in [0.717, 1.165) is 23.6 Å². The predicted octanol–water partition coefficient (Wildman–Crippen LogP) is 2.71. The lowest BCUT2D eigenvalue weighted by molar-refractivity contribution is 0.319. The number of nitrogens with zero attached hydrogens (tertiary/aromatic N) is 1. The topological polar surface area (TPSA) is 31.4 Å². The van der Waals surface area contributed by atoms with E-state index < -0.39 is 0 Å². The van der Waals surface area contributed by atoms with Crippen LogP contribution in [-0.4, -0.2) is 18.7 Å². The average molecular weight is 229 g/mol. The number of pyridine rings is 1. The first kappa shape index (κ1) is 11.5. The van der Waals surface area contributed by atoms with Crippen molar-refractivity contribution in [3.63, 3.8) is 0 Å². The van der Waals surface area contributed by atoms with Gasteiger partial charge in [0.15, 0.2) is 0 Å². The Bertz CT molecular complexity index is 440. The van der Waals surface area contributed by atoms with E-state index in [2.05, 4.69) is 4.98 Å². The molecule has 0 unspecified atom stereocenters. The molecule has 3 heteroatoms. The highest BCUT2D eigenvalue weighted by atomic mass is 16.5. The lowest BCUT2D eigenvalue weighted by atomic mass is 10.3. The normalized spacial score (nSPS) is 9.94. The van der Waals surface area contributed by atoms with Crippen LogP contribution in [0.3, 0.4) is 0 Å². The molecule has 0 fully saturated rings. The van der Waals surface area contributed by atoms with Crippen LogP contribution in [0.2, 0.25) is 0 Å². The number of rotatable bonds is 5. The number of methoxy groups -OCH3 is 1. The predicted molar refractivity (Wildman–Crippen MR) is 66.4 cm³/mol. The molecule has 3 nitrogen and oxygen atoms in total. The van der Waals surface area contributed by atoms with Gasteiger partial charge in [-0.3, -0.25) is 4.98 Å². The van der Waals surface area contributed by atoms with Crippen molar-refractivity contribution in [1.82, 2.24) is 4.98 Å². The molecule has 0 saturated heterocycles. The summed E-state index contributed by atoms with van der Waals surface area (Å²) in [6.45, 7) is 0.628. The average Bonchev–Trinajstić information content (AvgIpc) is 2.41. The van der Waals surface area contributed by atoms with Crippen molar-refractivity contribution in [3.05, 3.63) is 54.4 Å². The van der Waals surface area contributed by atoms with Gasteiger partial charge in [0.2, 0.25) is 0 Å². The number of ether oxygens (including phenoxy) is 2. The number of benzene rings is 1. The maximum absolute atomic E-state index is 5.61. The third-order valence-electron chi connectivity index (χ3n) is 2.41. The molecular formula is C14H15NO2. The molecule has 1 aromatic heterocycles. The lowest BCUT2D eigenvalue weighted by Crippen LogP contribution is -2.02. The molecule has 0 bridgehead atoms. The van der Waals surface area contributed by atoms with Crippen molar-refractivity contribution in [2.24, 2.45) is 0 Å². The fourth-order valence-electron chi connectivity index (χ4n) is 1.49. The van der Waals surface area contributed by atoms with Gasteiger partial charge in [-0.2, -0.15) is 0 Å². The van der Waals surface area contributed by atoms with Gasteiger partial charge < -0.3 is 9.47 Å². The van der Waals surface area contributed by atoms with Gasteiger partial charge >= 0.3 is 0 Å². The zero-order chi connectivity index (χ0) is 11.9. The summed E-state index contributed by atoms with van der Waals surface area (Å²) in [5, 5.41) is 0. The van der Waals surface area contributed by atoms with Crippen LogP contribution in [0.1, 0.15) is 5.69 Å². The lowest BCUT2D eigenvalue weighted by Gasteiger charge is -2.06. The Labute approximate surface area is 101 Å². The van der Waals surface area contributed by atoms with Crippen molar-refractivity contribution in [2.75, 3.05) is 13.7 Å². The highest BCUT2D eigenvalue weighted by Gasteiger charge is 1.96. The van der Waals surface area contributed by atoms with Gasteiger partial charge in [-0.05, 0) is 36.4 Å². The molecule has 0 saturated carbocycles. The molecule has 2 aromatic rings. The molecule has 0 amide bonds. The van der Waals surface area contributed by atoms with E-state index in [1.54, 1.807) is 13.3 Å². The summed E-state index contributed by atoms with van der Waals surface area (Å²) in [7, 11) is 1.65. The molecular weight excluding hydrogens is 214 g/mol. The Balaban J connectivity index is 1.82. The van der Waals surface area contributed by atoms with E-state index in [-0.39, 0.29) is 0 Å². The highest BCUT2D eigenvalue weighted by molar-refractivity contribution is 5.31. The first-order valence-corrected chi connectivity index (χ1v) is 5.55. The van der Waals surface area contributed by atoms with E-state index in [0.29, 0.717) is 6.61 Å². The van der Waals surface area contributed by atoms with Crippen molar-refractivity contribution in [1.29, 1.82) is 0 Å². The minimum atomic E-state index is 0.628. The summed E-state index contributed by atoms with van der Waals surface area (Å²) in [4.78, 5) is 4.24. The SMILES string of the molecule is COc1ccc(OCCc2ccccn2)cc1. The van der Waals surface area contributed by atoms with E-state index in [4.69, 9.17) is 9.47 Å². The van der Waals surface area contributed by atoms with Crippen LogP contribution >= 0.6 is 0 Å². The van der Waals surface area contributed by atoms with Crippen LogP contribution < -0.4 is 9.47 Å². The largest absolute Gasteiger partial charge is 0.497 e. The van der Waals surface area contributed by atoms with Crippen molar-refractivity contribution >= 4 is 0 Å². The van der Waals surface area contributed by atoms with Crippen LogP contribution in [0.4, 0.5) is 0 Å². The minimum absolute atomic E-state index is 0.628. The van der Waals surface area contributed by atoms with Crippen molar-refractivity contribution in [2.45, 2.75) is 6.42 Å². The second kappa shape index (κ2) is 5.89. The van der Waals surface area contributed by atoms with Gasteiger partial charge in [-0.1, -0.05) is 6.07 Å². The zero-order valence-corrected chi connectivity index (χ0v) is 9.80. The molecule has 88 valence electrons. The molecule has 0 aliphatic heterocycles. The molecule has 0 radical (unpaired) electrons. The molecule has 1 heterocycles. The Hall–Kier alpha value is -2.03. The van der Waals surface area contributed by atoms with Crippen LogP contribution in [0.5, 0.6) is 11.5 Å². The second-order valence-corrected chi connectivity index (χ2v) is 3.60. The number of hydrogen-bond acceptors (Lipinski definition) is 3. The summed E-state index contributed by atoms with van der Waals surface area (Å²) >= 11 is 0. The molecule has 17 heavy (non-hydrogen) atoms. The third kappa shape index (κ3) is 3.48. The van der Waals surface area contributed by atoms with Gasteiger partial charge in [0.05, 0.1) is 13.7 Å². The molecule has 0 spiro atoms. The van der Waals surface area contributed by atoms with Crippen LogP contribution in [0, 0.1) is 0 Å². The maximum atomic E-state index is 5.61. The summed E-state index contributed by atoms with van der Waals surface area (Å²) in [6, 6.07) is 13.5. The van der Waals surface area contributed by atoms with Crippen LogP contribution in [0.15, 0.2) is 48.7 Å². The van der Waals surface area contributed by atoms with Crippen molar-refractivity contribution in [3.8, 4) is 11.5 Å². The summed E-state index contributed by atoms with van der Waals surface area (Å²) in [5.41, 5.74) is 1.04. The smallest absolute Gasteiger partial charge is 0.119 e. The van der Waals surface area contributed by atoms with E-state index in [1.165, 1.54) is 0 Å². The standard InChI is InChI=1S/C14H15NO2/c1-16-13-5-7-14(8-6-13)17-11-9-12-4-2-3-10-15-12/h2-8,10H,9,11H2,1H3. The number of aromatic nitrogens is 1. The molecule has 0 aliphatic carbocycles. The van der Waals surface area contributed by atoms with E-state index in [1.807, 2.05) is 42.5 Å². The number of hydrogen-bond donors (Lipinski definition) is 0. The van der Waals surface area contributed by atoms with Crippen LogP contribution in [0.25, 0.3) is 0 Å². The Morgan fingerprint density at radius 3 is 2.41 bits per heavy atom.